The molecular formula is C14H15NO3. The van der Waals surface area contributed by atoms with Crippen LogP contribution in [0.5, 0.6) is 0 Å². The molecule has 0 aromatic heterocycles. The molecule has 1 aliphatic heterocycles. The topological polar surface area (TPSA) is 46.6 Å². The van der Waals surface area contributed by atoms with Gasteiger partial charge in [0.25, 0.3) is 0 Å². The van der Waals surface area contributed by atoms with Crippen molar-refractivity contribution >= 4 is 17.4 Å². The molecule has 0 atom stereocenters. The molecule has 0 unspecified atom stereocenters. The van der Waals surface area contributed by atoms with E-state index in [4.69, 9.17) is 0 Å². The number of carbonyl (C=O) groups is 2. The first kappa shape index (κ1) is 12.4. The highest BCUT2D eigenvalue weighted by atomic mass is 16.5. The predicted molar refractivity (Wildman–Crippen MR) is 68.5 cm³/mol. The molecule has 18 heavy (non-hydrogen) atoms. The molecule has 0 spiro atoms. The fraction of sp³-hybridized carbons (Fsp3) is 0.286. The van der Waals surface area contributed by atoms with Gasteiger partial charge >= 0.3 is 5.97 Å². The van der Waals surface area contributed by atoms with Crippen molar-refractivity contribution in [2.75, 3.05) is 18.6 Å². The first-order chi connectivity index (χ1) is 8.72. The Hall–Kier alpha value is -2.10. The van der Waals surface area contributed by atoms with Gasteiger partial charge in [-0.25, -0.2) is 4.79 Å². The lowest BCUT2D eigenvalue weighted by atomic mass is 10.1. The quantitative estimate of drug-likeness (QED) is 0.591. The molecule has 94 valence electrons. The molecule has 0 N–H and O–H groups in total. The third kappa shape index (κ3) is 2.59. The zero-order chi connectivity index (χ0) is 13.0. The number of methoxy groups -OCH3 is 1. The van der Waals surface area contributed by atoms with Gasteiger partial charge in [-0.1, -0.05) is 12.1 Å². The zero-order valence-electron chi connectivity index (χ0n) is 10.3. The van der Waals surface area contributed by atoms with Crippen LogP contribution in [0.1, 0.15) is 23.2 Å². The summed E-state index contributed by atoms with van der Waals surface area (Å²) >= 11 is 0. The molecule has 0 aliphatic carbocycles. The smallest absolute Gasteiger partial charge is 0.331 e. The molecule has 0 saturated heterocycles. The van der Waals surface area contributed by atoms with Crippen LogP contribution in [-0.2, 0) is 9.53 Å². The van der Waals surface area contributed by atoms with E-state index in [1.807, 2.05) is 29.2 Å². The van der Waals surface area contributed by atoms with E-state index >= 15 is 0 Å². The second-order valence-corrected chi connectivity index (χ2v) is 4.08. The second kappa shape index (κ2) is 5.49. The van der Waals surface area contributed by atoms with Crippen molar-refractivity contribution in [3.8, 4) is 0 Å². The van der Waals surface area contributed by atoms with Gasteiger partial charge in [0.05, 0.1) is 12.8 Å². The minimum Gasteiger partial charge on any atom is -0.466 e. The van der Waals surface area contributed by atoms with Gasteiger partial charge in [0.2, 0.25) is 0 Å². The number of ketones is 1. The summed E-state index contributed by atoms with van der Waals surface area (Å²) in [4.78, 5) is 24.9. The van der Waals surface area contributed by atoms with E-state index in [2.05, 4.69) is 4.74 Å². The lowest BCUT2D eigenvalue weighted by molar-refractivity contribution is -0.134. The lowest BCUT2D eigenvalue weighted by Gasteiger charge is -2.19. The highest BCUT2D eigenvalue weighted by Gasteiger charge is 2.18. The predicted octanol–water partition coefficient (Wildman–Crippen LogP) is 2.16. The minimum atomic E-state index is -0.400. The standard InChI is InChI=1S/C14H15NO3/c1-18-14(17)8-10-15-9-4-7-13(16)11-5-2-3-6-12(11)15/h2-3,5-6,8,10H,4,7,9H2,1H3/b10-8+. The molecule has 0 bridgehead atoms. The molecular weight excluding hydrogens is 230 g/mol. The number of rotatable bonds is 2. The average molecular weight is 245 g/mol. The van der Waals surface area contributed by atoms with Crippen LogP contribution < -0.4 is 4.90 Å². The van der Waals surface area contributed by atoms with Crippen LogP contribution in [0.3, 0.4) is 0 Å². The number of fused-ring (bicyclic) bond motifs is 1. The van der Waals surface area contributed by atoms with Crippen LogP contribution in [0.2, 0.25) is 0 Å². The molecule has 0 amide bonds. The molecule has 1 aromatic carbocycles. The van der Waals surface area contributed by atoms with Crippen LogP contribution in [0.25, 0.3) is 0 Å². The Morgan fingerprint density at radius 3 is 2.94 bits per heavy atom. The maximum absolute atomic E-state index is 11.9. The third-order valence-corrected chi connectivity index (χ3v) is 2.91. The third-order valence-electron chi connectivity index (χ3n) is 2.91. The molecule has 0 fully saturated rings. The van der Waals surface area contributed by atoms with E-state index in [1.165, 1.54) is 13.2 Å². The summed E-state index contributed by atoms with van der Waals surface area (Å²) in [5, 5.41) is 0. The van der Waals surface area contributed by atoms with E-state index < -0.39 is 5.97 Å². The summed E-state index contributed by atoms with van der Waals surface area (Å²) in [6.07, 6.45) is 4.36. The summed E-state index contributed by atoms with van der Waals surface area (Å²) in [7, 11) is 1.34. The van der Waals surface area contributed by atoms with Crippen molar-refractivity contribution < 1.29 is 14.3 Å². The number of benzene rings is 1. The molecule has 4 nitrogen and oxygen atoms in total. The monoisotopic (exact) mass is 245 g/mol. The van der Waals surface area contributed by atoms with Crippen molar-refractivity contribution in [3.63, 3.8) is 0 Å². The highest BCUT2D eigenvalue weighted by molar-refractivity contribution is 6.02. The molecule has 1 heterocycles. The van der Waals surface area contributed by atoms with Gasteiger partial charge in [-0.05, 0) is 18.6 Å². The van der Waals surface area contributed by atoms with Crippen molar-refractivity contribution in [1.82, 2.24) is 0 Å². The summed E-state index contributed by atoms with van der Waals surface area (Å²) < 4.78 is 4.56. The van der Waals surface area contributed by atoms with Gasteiger partial charge in [-0.3, -0.25) is 4.79 Å². The first-order valence-corrected chi connectivity index (χ1v) is 5.87. The highest BCUT2D eigenvalue weighted by Crippen LogP contribution is 2.26. The van der Waals surface area contributed by atoms with Gasteiger partial charge in [0, 0.05) is 30.8 Å². The normalized spacial score (nSPS) is 15.4. The van der Waals surface area contributed by atoms with E-state index in [1.54, 1.807) is 6.20 Å². The van der Waals surface area contributed by atoms with Crippen LogP contribution in [0, 0.1) is 0 Å². The lowest BCUT2D eigenvalue weighted by Crippen LogP contribution is -2.17. The van der Waals surface area contributed by atoms with Gasteiger partial charge in [-0.2, -0.15) is 0 Å². The molecule has 2 rings (SSSR count). The summed E-state index contributed by atoms with van der Waals surface area (Å²) in [5.74, 6) is -0.248. The summed E-state index contributed by atoms with van der Waals surface area (Å²) in [6, 6.07) is 7.45. The molecule has 1 aromatic rings. The van der Waals surface area contributed by atoms with Crippen LogP contribution >= 0.6 is 0 Å². The first-order valence-electron chi connectivity index (χ1n) is 5.87. The van der Waals surface area contributed by atoms with Crippen LogP contribution in [0.15, 0.2) is 36.5 Å². The number of hydrogen-bond acceptors (Lipinski definition) is 4. The molecule has 0 saturated carbocycles. The fourth-order valence-corrected chi connectivity index (χ4v) is 2.00. The molecule has 4 heteroatoms. The molecule has 1 aliphatic rings. The Balaban J connectivity index is 2.31. The van der Waals surface area contributed by atoms with Gasteiger partial charge in [0.1, 0.15) is 0 Å². The number of carbonyl (C=O) groups excluding carboxylic acids is 2. The number of anilines is 1. The van der Waals surface area contributed by atoms with Gasteiger partial charge < -0.3 is 9.64 Å². The Morgan fingerprint density at radius 2 is 2.17 bits per heavy atom. The Bertz CT molecular complexity index is 494. The number of nitrogens with zero attached hydrogens (tertiary/aromatic N) is 1. The van der Waals surface area contributed by atoms with E-state index in [0.717, 1.165) is 18.7 Å². The van der Waals surface area contributed by atoms with Crippen molar-refractivity contribution in [1.29, 1.82) is 0 Å². The van der Waals surface area contributed by atoms with Crippen molar-refractivity contribution in [2.45, 2.75) is 12.8 Å². The number of ether oxygens (including phenoxy) is 1. The number of hydrogen-bond donors (Lipinski definition) is 0. The molecule has 0 radical (unpaired) electrons. The maximum Gasteiger partial charge on any atom is 0.331 e. The largest absolute Gasteiger partial charge is 0.466 e. The van der Waals surface area contributed by atoms with Gasteiger partial charge in [-0.15, -0.1) is 0 Å². The maximum atomic E-state index is 11.9. The summed E-state index contributed by atoms with van der Waals surface area (Å²) in [6.45, 7) is 0.718. The summed E-state index contributed by atoms with van der Waals surface area (Å²) in [5.41, 5.74) is 1.56. The van der Waals surface area contributed by atoms with Crippen LogP contribution in [0.4, 0.5) is 5.69 Å². The SMILES string of the molecule is COC(=O)/C=C/N1CCCC(=O)c2ccccc21. The Kier molecular flexibility index (Phi) is 3.77. The van der Waals surface area contributed by atoms with E-state index in [0.29, 0.717) is 12.0 Å². The Labute approximate surface area is 106 Å². The van der Waals surface area contributed by atoms with Crippen molar-refractivity contribution in [3.05, 3.63) is 42.1 Å². The van der Waals surface area contributed by atoms with E-state index in [-0.39, 0.29) is 5.78 Å². The fourth-order valence-electron chi connectivity index (χ4n) is 2.00. The van der Waals surface area contributed by atoms with E-state index in [9.17, 15) is 9.59 Å². The number of esters is 1. The van der Waals surface area contributed by atoms with Crippen LogP contribution in [-0.4, -0.2) is 25.4 Å². The second-order valence-electron chi connectivity index (χ2n) is 4.08. The average Bonchev–Trinajstić information content (AvgIpc) is 2.56. The minimum absolute atomic E-state index is 0.152. The number of para-hydroxylation sites is 1. The zero-order valence-corrected chi connectivity index (χ0v) is 10.3. The Morgan fingerprint density at radius 1 is 1.39 bits per heavy atom. The van der Waals surface area contributed by atoms with Gasteiger partial charge in [0.15, 0.2) is 5.78 Å². The van der Waals surface area contributed by atoms with Crippen molar-refractivity contribution in [2.24, 2.45) is 0 Å². The number of Topliss-reactive ketones (excluding diaryl/α,β-unsaturated/α-hetero) is 1.